The Morgan fingerprint density at radius 3 is 2.40 bits per heavy atom. The molecule has 1 saturated carbocycles. The highest BCUT2D eigenvalue weighted by atomic mass is 19.1. The molecule has 0 aromatic heterocycles. The van der Waals surface area contributed by atoms with Crippen molar-refractivity contribution >= 4 is 11.8 Å². The molecule has 1 atom stereocenters. The van der Waals surface area contributed by atoms with E-state index in [0.717, 1.165) is 36.8 Å². The highest BCUT2D eigenvalue weighted by Gasteiger charge is 2.54. The van der Waals surface area contributed by atoms with E-state index in [-0.39, 0.29) is 34.4 Å². The van der Waals surface area contributed by atoms with Crippen molar-refractivity contribution < 1.29 is 14.0 Å². The predicted molar refractivity (Wildman–Crippen MR) is 112 cm³/mol. The molecule has 2 saturated heterocycles. The Morgan fingerprint density at radius 1 is 1.00 bits per heavy atom. The molecule has 3 aliphatic rings. The number of amides is 2. The zero-order chi connectivity index (χ0) is 20.8. The van der Waals surface area contributed by atoms with Crippen LogP contribution >= 0.6 is 0 Å². The third kappa shape index (κ3) is 3.21. The zero-order valence-corrected chi connectivity index (χ0v) is 17.1. The molecule has 0 bridgehead atoms. The molecule has 2 heterocycles. The van der Waals surface area contributed by atoms with Crippen molar-refractivity contribution in [1.82, 2.24) is 10.2 Å². The van der Waals surface area contributed by atoms with E-state index >= 15 is 0 Å². The first-order valence-corrected chi connectivity index (χ1v) is 10.9. The lowest BCUT2D eigenvalue weighted by molar-refractivity contribution is -0.138. The molecule has 0 radical (unpaired) electrons. The first-order valence-electron chi connectivity index (χ1n) is 10.9. The molecule has 4 nitrogen and oxygen atoms in total. The van der Waals surface area contributed by atoms with E-state index in [9.17, 15) is 14.0 Å². The van der Waals surface area contributed by atoms with Crippen LogP contribution in [0.15, 0.2) is 54.6 Å². The SMILES string of the molecule is O=C1CC2(CCN(C(=O)C3(c4ccccc4)CC3)CC2)C(c2cccc(F)c2)CN1. The van der Waals surface area contributed by atoms with Gasteiger partial charge >= 0.3 is 0 Å². The van der Waals surface area contributed by atoms with E-state index in [4.69, 9.17) is 0 Å². The monoisotopic (exact) mass is 406 g/mol. The Hall–Kier alpha value is -2.69. The van der Waals surface area contributed by atoms with Gasteiger partial charge in [-0.3, -0.25) is 9.59 Å². The zero-order valence-electron chi connectivity index (χ0n) is 17.1. The summed E-state index contributed by atoms with van der Waals surface area (Å²) in [7, 11) is 0. The second-order valence-electron chi connectivity index (χ2n) is 9.19. The summed E-state index contributed by atoms with van der Waals surface area (Å²) in [6, 6.07) is 16.8. The maximum absolute atomic E-state index is 13.9. The van der Waals surface area contributed by atoms with Crippen molar-refractivity contribution in [3.05, 3.63) is 71.5 Å². The summed E-state index contributed by atoms with van der Waals surface area (Å²) in [5, 5.41) is 2.97. The van der Waals surface area contributed by atoms with Gasteiger partial charge in [-0.15, -0.1) is 0 Å². The minimum atomic E-state index is -0.350. The molecule has 156 valence electrons. The molecule has 5 rings (SSSR count). The lowest BCUT2D eigenvalue weighted by atomic mass is 9.62. The Labute approximate surface area is 176 Å². The summed E-state index contributed by atoms with van der Waals surface area (Å²) in [5.74, 6) is 0.120. The van der Waals surface area contributed by atoms with Gasteiger partial charge in [-0.05, 0) is 54.4 Å². The fourth-order valence-electron chi connectivity index (χ4n) is 5.62. The van der Waals surface area contributed by atoms with Crippen LogP contribution in [0.3, 0.4) is 0 Å². The fraction of sp³-hybridized carbons (Fsp3) is 0.440. The summed E-state index contributed by atoms with van der Waals surface area (Å²) in [6.07, 6.45) is 3.81. The lowest BCUT2D eigenvalue weighted by Gasteiger charge is -2.49. The number of hydrogen-bond donors (Lipinski definition) is 1. The summed E-state index contributed by atoms with van der Waals surface area (Å²) in [5.41, 5.74) is 1.50. The number of rotatable bonds is 3. The van der Waals surface area contributed by atoms with Gasteiger partial charge in [0.05, 0.1) is 5.41 Å². The number of hydrogen-bond acceptors (Lipinski definition) is 2. The number of carbonyl (C=O) groups excluding carboxylic acids is 2. The van der Waals surface area contributed by atoms with Crippen molar-refractivity contribution in [1.29, 1.82) is 0 Å². The van der Waals surface area contributed by atoms with Gasteiger partial charge in [-0.1, -0.05) is 42.5 Å². The highest BCUT2D eigenvalue weighted by Crippen LogP contribution is 2.52. The van der Waals surface area contributed by atoms with Crippen molar-refractivity contribution in [3.8, 4) is 0 Å². The average molecular weight is 407 g/mol. The minimum Gasteiger partial charge on any atom is -0.355 e. The average Bonchev–Trinajstić information content (AvgIpc) is 3.57. The third-order valence-electron chi connectivity index (χ3n) is 7.54. The van der Waals surface area contributed by atoms with Crippen molar-refractivity contribution in [2.45, 2.75) is 43.4 Å². The van der Waals surface area contributed by atoms with Crippen LogP contribution in [0, 0.1) is 11.2 Å². The van der Waals surface area contributed by atoms with E-state index in [1.54, 1.807) is 12.1 Å². The molecule has 1 N–H and O–H groups in total. The summed E-state index contributed by atoms with van der Waals surface area (Å²) >= 11 is 0. The number of piperidine rings is 2. The molecular weight excluding hydrogens is 379 g/mol. The van der Waals surface area contributed by atoms with E-state index in [1.165, 1.54) is 6.07 Å². The topological polar surface area (TPSA) is 49.4 Å². The number of likely N-dealkylation sites (tertiary alicyclic amines) is 1. The van der Waals surface area contributed by atoms with Gasteiger partial charge < -0.3 is 10.2 Å². The molecule has 1 unspecified atom stereocenters. The minimum absolute atomic E-state index is 0.0605. The smallest absolute Gasteiger partial charge is 0.233 e. The van der Waals surface area contributed by atoms with Crippen molar-refractivity contribution in [3.63, 3.8) is 0 Å². The maximum Gasteiger partial charge on any atom is 0.233 e. The number of benzene rings is 2. The number of halogens is 1. The molecule has 30 heavy (non-hydrogen) atoms. The Balaban J connectivity index is 1.35. The molecule has 5 heteroatoms. The van der Waals surface area contributed by atoms with E-state index in [0.29, 0.717) is 26.1 Å². The molecular formula is C25H27FN2O2. The van der Waals surface area contributed by atoms with E-state index in [2.05, 4.69) is 17.4 Å². The van der Waals surface area contributed by atoms with Crippen molar-refractivity contribution in [2.75, 3.05) is 19.6 Å². The summed E-state index contributed by atoms with van der Waals surface area (Å²) in [4.78, 5) is 27.7. The molecule has 1 spiro atoms. The van der Waals surface area contributed by atoms with Crippen LogP contribution < -0.4 is 5.32 Å². The first kappa shape index (κ1) is 19.3. The van der Waals surface area contributed by atoms with Crippen LogP contribution in [0.2, 0.25) is 0 Å². The van der Waals surface area contributed by atoms with Crippen LogP contribution in [-0.4, -0.2) is 36.3 Å². The summed E-state index contributed by atoms with van der Waals surface area (Å²) in [6.45, 7) is 1.85. The van der Waals surface area contributed by atoms with Gasteiger partial charge in [0.15, 0.2) is 0 Å². The second kappa shape index (κ2) is 7.22. The summed E-state index contributed by atoms with van der Waals surface area (Å²) < 4.78 is 13.9. The molecule has 2 aromatic rings. The standard InChI is InChI=1S/C25H27FN2O2/c26-20-8-4-5-18(15-20)21-17-27-22(29)16-24(21)11-13-28(14-12-24)23(30)25(9-10-25)19-6-2-1-3-7-19/h1-8,15,21H,9-14,16-17H2,(H,27,29). The van der Waals surface area contributed by atoms with E-state index in [1.807, 2.05) is 29.2 Å². The van der Waals surface area contributed by atoms with Crippen LogP contribution in [0.4, 0.5) is 4.39 Å². The molecule has 2 amide bonds. The largest absolute Gasteiger partial charge is 0.355 e. The Bertz CT molecular complexity index is 962. The first-order chi connectivity index (χ1) is 14.5. The van der Waals surface area contributed by atoms with Crippen molar-refractivity contribution in [2.24, 2.45) is 5.41 Å². The van der Waals surface area contributed by atoms with Gasteiger partial charge in [0, 0.05) is 32.0 Å². The number of nitrogens with zero attached hydrogens (tertiary/aromatic N) is 1. The van der Waals surface area contributed by atoms with E-state index < -0.39 is 0 Å². The highest BCUT2D eigenvalue weighted by molar-refractivity contribution is 5.91. The van der Waals surface area contributed by atoms with Gasteiger partial charge in [-0.25, -0.2) is 4.39 Å². The van der Waals surface area contributed by atoms with Gasteiger partial charge in [-0.2, -0.15) is 0 Å². The van der Waals surface area contributed by atoms with Crippen LogP contribution in [0.25, 0.3) is 0 Å². The van der Waals surface area contributed by atoms with Gasteiger partial charge in [0.25, 0.3) is 0 Å². The fourth-order valence-corrected chi connectivity index (χ4v) is 5.62. The Kier molecular flexibility index (Phi) is 4.64. The van der Waals surface area contributed by atoms with Crippen LogP contribution in [-0.2, 0) is 15.0 Å². The third-order valence-corrected chi connectivity index (χ3v) is 7.54. The predicted octanol–water partition coefficient (Wildman–Crippen LogP) is 3.77. The number of nitrogens with one attached hydrogen (secondary N) is 1. The second-order valence-corrected chi connectivity index (χ2v) is 9.19. The van der Waals surface area contributed by atoms with Gasteiger partial charge in [0.2, 0.25) is 11.8 Å². The normalized spacial score (nSPS) is 24.4. The molecule has 2 aromatic carbocycles. The maximum atomic E-state index is 13.9. The molecule has 3 fully saturated rings. The number of carbonyl (C=O) groups is 2. The molecule has 1 aliphatic carbocycles. The lowest BCUT2D eigenvalue weighted by Crippen LogP contribution is -2.54. The van der Waals surface area contributed by atoms with Crippen LogP contribution in [0.5, 0.6) is 0 Å². The Morgan fingerprint density at radius 2 is 1.73 bits per heavy atom. The molecule has 2 aliphatic heterocycles. The quantitative estimate of drug-likeness (QED) is 0.844. The van der Waals surface area contributed by atoms with Gasteiger partial charge in [0.1, 0.15) is 5.82 Å². The van der Waals surface area contributed by atoms with Crippen LogP contribution in [0.1, 0.15) is 49.1 Å².